The van der Waals surface area contributed by atoms with Crippen LogP contribution in [0.2, 0.25) is 0 Å². The first-order chi connectivity index (χ1) is 11.3. The molecule has 0 amide bonds. The van der Waals surface area contributed by atoms with Gasteiger partial charge in [-0.1, -0.05) is 12.1 Å². The lowest BCUT2D eigenvalue weighted by Gasteiger charge is -2.12. The minimum absolute atomic E-state index is 0.255. The van der Waals surface area contributed by atoms with E-state index in [-0.39, 0.29) is 11.9 Å². The number of hydrogen-bond acceptors (Lipinski definition) is 4. The van der Waals surface area contributed by atoms with Crippen molar-refractivity contribution in [2.24, 2.45) is 0 Å². The third-order valence-electron chi connectivity index (χ3n) is 4.29. The normalized spacial score (nSPS) is 17.8. The second-order valence-corrected chi connectivity index (χ2v) is 5.97. The van der Waals surface area contributed by atoms with Gasteiger partial charge < -0.3 is 14.4 Å². The zero-order valence-electron chi connectivity index (χ0n) is 12.9. The summed E-state index contributed by atoms with van der Waals surface area (Å²) in [4.78, 5) is 9.26. The predicted octanol–water partition coefficient (Wildman–Crippen LogP) is 2.91. The summed E-state index contributed by atoms with van der Waals surface area (Å²) < 4.78 is 7.92. The lowest BCUT2D eigenvalue weighted by atomic mass is 10.1. The van der Waals surface area contributed by atoms with Gasteiger partial charge in [-0.2, -0.15) is 0 Å². The van der Waals surface area contributed by atoms with Crippen molar-refractivity contribution >= 4 is 11.2 Å². The molecule has 4 rings (SSSR count). The highest BCUT2D eigenvalue weighted by molar-refractivity contribution is 5.71. The van der Waals surface area contributed by atoms with E-state index in [1.165, 1.54) is 0 Å². The Morgan fingerprint density at radius 1 is 1.22 bits per heavy atom. The van der Waals surface area contributed by atoms with Gasteiger partial charge in [0.25, 0.3) is 0 Å². The Labute approximate surface area is 134 Å². The molecule has 1 aromatic carbocycles. The first-order valence-electron chi connectivity index (χ1n) is 7.99. The number of phenols is 1. The Morgan fingerprint density at radius 2 is 2.09 bits per heavy atom. The van der Waals surface area contributed by atoms with Crippen LogP contribution in [0.4, 0.5) is 0 Å². The smallest absolute Gasteiger partial charge is 0.160 e. The van der Waals surface area contributed by atoms with Crippen molar-refractivity contribution in [3.05, 3.63) is 54.0 Å². The summed E-state index contributed by atoms with van der Waals surface area (Å²) in [6.45, 7) is 1.54. The van der Waals surface area contributed by atoms with Gasteiger partial charge in [-0.15, -0.1) is 0 Å². The average Bonchev–Trinajstić information content (AvgIpc) is 3.19. The molecular formula is C18H19N3O2. The van der Waals surface area contributed by atoms with E-state index in [1.807, 2.05) is 24.3 Å². The summed E-state index contributed by atoms with van der Waals surface area (Å²) in [7, 11) is 0. The zero-order chi connectivity index (χ0) is 15.6. The van der Waals surface area contributed by atoms with Crippen molar-refractivity contribution in [1.82, 2.24) is 14.5 Å². The van der Waals surface area contributed by atoms with Gasteiger partial charge in [0.15, 0.2) is 5.65 Å². The van der Waals surface area contributed by atoms with Crippen LogP contribution in [0.3, 0.4) is 0 Å². The number of aromatic hydroxyl groups is 1. The molecule has 1 aliphatic rings. The van der Waals surface area contributed by atoms with Crippen molar-refractivity contribution in [1.29, 1.82) is 0 Å². The first-order valence-corrected chi connectivity index (χ1v) is 7.99. The third kappa shape index (κ3) is 2.92. The van der Waals surface area contributed by atoms with Crippen molar-refractivity contribution in [3.8, 4) is 5.75 Å². The number of fused-ring (bicyclic) bond motifs is 1. The van der Waals surface area contributed by atoms with E-state index in [4.69, 9.17) is 9.72 Å². The molecule has 2 aromatic heterocycles. The Kier molecular flexibility index (Phi) is 3.71. The number of nitrogens with zero attached hydrogens (tertiary/aromatic N) is 3. The highest BCUT2D eigenvalue weighted by Crippen LogP contribution is 2.22. The molecule has 1 N–H and O–H groups in total. The molecule has 1 aliphatic heterocycles. The Balaban J connectivity index is 1.71. The summed E-state index contributed by atoms with van der Waals surface area (Å²) >= 11 is 0. The number of ether oxygens (including phenoxy) is 1. The van der Waals surface area contributed by atoms with Gasteiger partial charge in [-0.3, -0.25) is 0 Å². The van der Waals surface area contributed by atoms with Crippen LogP contribution in [-0.4, -0.2) is 32.4 Å². The van der Waals surface area contributed by atoms with Crippen LogP contribution in [0.1, 0.15) is 24.2 Å². The fraction of sp³-hybridized carbons (Fsp3) is 0.333. The Morgan fingerprint density at radius 3 is 2.87 bits per heavy atom. The molecule has 1 unspecified atom stereocenters. The highest BCUT2D eigenvalue weighted by atomic mass is 16.5. The topological polar surface area (TPSA) is 60.2 Å². The van der Waals surface area contributed by atoms with E-state index in [0.717, 1.165) is 48.4 Å². The van der Waals surface area contributed by atoms with Gasteiger partial charge in [0.05, 0.1) is 12.6 Å². The van der Waals surface area contributed by atoms with Gasteiger partial charge in [0.2, 0.25) is 0 Å². The van der Waals surface area contributed by atoms with Gasteiger partial charge in [0, 0.05) is 19.2 Å². The lowest BCUT2D eigenvalue weighted by Crippen LogP contribution is -2.14. The molecule has 1 saturated heterocycles. The molecule has 1 atom stereocenters. The number of hydrogen-bond donors (Lipinski definition) is 1. The van der Waals surface area contributed by atoms with Crippen LogP contribution in [0.25, 0.3) is 11.2 Å². The molecule has 0 radical (unpaired) electrons. The summed E-state index contributed by atoms with van der Waals surface area (Å²) in [6.07, 6.45) is 5.09. The SMILES string of the molecule is Oc1ccc(Cn2c(CC3CCCO3)nc3cccnc32)cc1. The Bertz CT molecular complexity index is 805. The number of benzene rings is 1. The fourth-order valence-electron chi connectivity index (χ4n) is 3.12. The van der Waals surface area contributed by atoms with Crippen LogP contribution in [-0.2, 0) is 17.7 Å². The molecule has 0 saturated carbocycles. The molecule has 5 heteroatoms. The molecule has 3 aromatic rings. The maximum atomic E-state index is 9.45. The van der Waals surface area contributed by atoms with Crippen molar-refractivity contribution in [2.45, 2.75) is 31.9 Å². The van der Waals surface area contributed by atoms with Gasteiger partial charge in [-0.05, 0) is 42.7 Å². The summed E-state index contributed by atoms with van der Waals surface area (Å²) in [5.41, 5.74) is 2.93. The summed E-state index contributed by atoms with van der Waals surface area (Å²) in [6, 6.07) is 11.2. The zero-order valence-corrected chi connectivity index (χ0v) is 12.9. The quantitative estimate of drug-likeness (QED) is 0.805. The third-order valence-corrected chi connectivity index (χ3v) is 4.29. The monoisotopic (exact) mass is 309 g/mol. The second kappa shape index (κ2) is 6.01. The van der Waals surface area contributed by atoms with E-state index in [9.17, 15) is 5.11 Å². The number of rotatable bonds is 4. The Hall–Kier alpha value is -2.40. The lowest BCUT2D eigenvalue weighted by molar-refractivity contribution is 0.109. The predicted molar refractivity (Wildman–Crippen MR) is 87.4 cm³/mol. The fourth-order valence-corrected chi connectivity index (χ4v) is 3.12. The van der Waals surface area contributed by atoms with Gasteiger partial charge in [0.1, 0.15) is 17.1 Å². The maximum absolute atomic E-state index is 9.45. The second-order valence-electron chi connectivity index (χ2n) is 5.97. The average molecular weight is 309 g/mol. The minimum Gasteiger partial charge on any atom is -0.508 e. The van der Waals surface area contributed by atoms with Crippen molar-refractivity contribution in [2.75, 3.05) is 6.61 Å². The first kappa shape index (κ1) is 14.2. The number of pyridine rings is 1. The van der Waals surface area contributed by atoms with Crippen LogP contribution in [0, 0.1) is 0 Å². The van der Waals surface area contributed by atoms with Crippen LogP contribution >= 0.6 is 0 Å². The maximum Gasteiger partial charge on any atom is 0.160 e. The molecular weight excluding hydrogens is 290 g/mol. The molecule has 5 nitrogen and oxygen atoms in total. The molecule has 0 aliphatic carbocycles. The molecule has 1 fully saturated rings. The number of phenolic OH excluding ortho intramolecular Hbond substituents is 1. The highest BCUT2D eigenvalue weighted by Gasteiger charge is 2.20. The largest absolute Gasteiger partial charge is 0.508 e. The number of imidazole rings is 1. The standard InChI is InChI=1S/C18H19N3O2/c22-14-7-5-13(6-8-14)12-21-17(11-15-3-2-10-23-15)20-16-4-1-9-19-18(16)21/h1,4-9,15,22H,2-3,10-12H2. The molecule has 0 spiro atoms. The molecule has 23 heavy (non-hydrogen) atoms. The number of aromatic nitrogens is 3. The van der Waals surface area contributed by atoms with E-state index >= 15 is 0 Å². The van der Waals surface area contributed by atoms with E-state index < -0.39 is 0 Å². The van der Waals surface area contributed by atoms with Gasteiger partial charge >= 0.3 is 0 Å². The molecule has 0 bridgehead atoms. The van der Waals surface area contributed by atoms with Gasteiger partial charge in [-0.25, -0.2) is 9.97 Å². The molecule has 3 heterocycles. The molecule has 118 valence electrons. The van der Waals surface area contributed by atoms with Crippen molar-refractivity contribution in [3.63, 3.8) is 0 Å². The van der Waals surface area contributed by atoms with E-state index in [2.05, 4.69) is 9.55 Å². The van der Waals surface area contributed by atoms with Crippen molar-refractivity contribution < 1.29 is 9.84 Å². The summed E-state index contributed by atoms with van der Waals surface area (Å²) in [5.74, 6) is 1.29. The van der Waals surface area contributed by atoms with Crippen LogP contribution < -0.4 is 0 Å². The van der Waals surface area contributed by atoms with E-state index in [0.29, 0.717) is 6.54 Å². The van der Waals surface area contributed by atoms with E-state index in [1.54, 1.807) is 18.3 Å². The minimum atomic E-state index is 0.255. The van der Waals surface area contributed by atoms with Crippen LogP contribution in [0.15, 0.2) is 42.6 Å². The summed E-state index contributed by atoms with van der Waals surface area (Å²) in [5, 5.41) is 9.45. The van der Waals surface area contributed by atoms with Crippen LogP contribution in [0.5, 0.6) is 5.75 Å².